The Labute approximate surface area is 185 Å². The first-order valence-electron chi connectivity index (χ1n) is 8.08. The predicted molar refractivity (Wildman–Crippen MR) is 109 cm³/mol. The van der Waals surface area contributed by atoms with Crippen LogP contribution in [-0.4, -0.2) is 40.0 Å². The van der Waals surface area contributed by atoms with Gasteiger partial charge in [-0.05, 0) is 40.2 Å². The molecule has 0 radical (unpaired) electrons. The summed E-state index contributed by atoms with van der Waals surface area (Å²) in [6, 6.07) is 6.48. The molecular weight excluding hydrogens is 514 g/mol. The highest BCUT2D eigenvalue weighted by atomic mass is 79.9. The third kappa shape index (κ3) is 3.72. The third-order valence-corrected chi connectivity index (χ3v) is 5.29. The second kappa shape index (κ2) is 8.05. The van der Waals surface area contributed by atoms with E-state index in [9.17, 15) is 22.8 Å². The zero-order valence-electron chi connectivity index (χ0n) is 14.9. The van der Waals surface area contributed by atoms with Gasteiger partial charge in [0.15, 0.2) is 6.29 Å². The number of hydrogen-bond acceptors (Lipinski definition) is 5. The van der Waals surface area contributed by atoms with Crippen molar-refractivity contribution in [1.82, 2.24) is 19.9 Å². The number of aldehydes is 1. The van der Waals surface area contributed by atoms with E-state index in [1.807, 2.05) is 0 Å². The lowest BCUT2D eigenvalue weighted by Crippen LogP contribution is -2.61. The average Bonchev–Trinajstić information content (AvgIpc) is 3.03. The standard InChI is InChI=1S/C17H11BrCl2F3N5O2/c1-24-15-26-11-5-8(19)9(20)6-12(11)28(15)16(7-29,17(21,22)23)27-14(30)10-3-2-4-13(18)25-10/h2-7H,1H3,(H,24,26)(H,27,30). The van der Waals surface area contributed by atoms with E-state index in [1.165, 1.54) is 31.3 Å². The molecular formula is C17H11BrCl2F3N5O2. The van der Waals surface area contributed by atoms with E-state index in [2.05, 4.69) is 31.2 Å². The van der Waals surface area contributed by atoms with E-state index in [0.717, 1.165) is 6.07 Å². The number of rotatable bonds is 5. The van der Waals surface area contributed by atoms with Gasteiger partial charge >= 0.3 is 6.18 Å². The van der Waals surface area contributed by atoms with E-state index < -0.39 is 24.0 Å². The minimum atomic E-state index is -5.26. The van der Waals surface area contributed by atoms with Crippen molar-refractivity contribution in [3.8, 4) is 0 Å². The molecule has 13 heteroatoms. The summed E-state index contributed by atoms with van der Waals surface area (Å²) in [4.78, 5) is 32.4. The third-order valence-electron chi connectivity index (χ3n) is 4.13. The predicted octanol–water partition coefficient (Wildman–Crippen LogP) is 4.39. The molecule has 0 fully saturated rings. The molecule has 0 saturated carbocycles. The largest absolute Gasteiger partial charge is 0.438 e. The second-order valence-corrected chi connectivity index (χ2v) is 7.58. The molecule has 3 aromatic rings. The molecule has 0 bridgehead atoms. The number of carbonyl (C=O) groups is 2. The topological polar surface area (TPSA) is 88.9 Å². The molecule has 0 aliphatic rings. The lowest BCUT2D eigenvalue weighted by atomic mass is 10.1. The quantitative estimate of drug-likeness (QED) is 0.382. The van der Waals surface area contributed by atoms with Crippen molar-refractivity contribution in [3.63, 3.8) is 0 Å². The number of carbonyl (C=O) groups excluding carboxylic acids is 2. The van der Waals surface area contributed by atoms with E-state index in [0.29, 0.717) is 4.57 Å². The van der Waals surface area contributed by atoms with Crippen LogP contribution in [0, 0.1) is 0 Å². The van der Waals surface area contributed by atoms with Crippen LogP contribution in [0.2, 0.25) is 10.0 Å². The van der Waals surface area contributed by atoms with Gasteiger partial charge in [-0.2, -0.15) is 13.2 Å². The van der Waals surface area contributed by atoms with Gasteiger partial charge in [0.05, 0.1) is 21.1 Å². The zero-order chi connectivity index (χ0) is 22.3. The number of hydrogen-bond donors (Lipinski definition) is 2. The molecule has 7 nitrogen and oxygen atoms in total. The highest BCUT2D eigenvalue weighted by Gasteiger charge is 2.60. The SMILES string of the molecule is CNc1nc2cc(Cl)c(Cl)cc2n1C(C=O)(NC(=O)c1cccc(Br)n1)C(F)(F)F. The number of imidazole rings is 1. The maximum Gasteiger partial charge on any atom is 0.438 e. The Balaban J connectivity index is 2.28. The zero-order valence-corrected chi connectivity index (χ0v) is 18.0. The number of halogens is 6. The second-order valence-electron chi connectivity index (χ2n) is 5.96. The molecule has 3 rings (SSSR count). The van der Waals surface area contributed by atoms with Crippen molar-refractivity contribution in [2.45, 2.75) is 11.8 Å². The van der Waals surface area contributed by atoms with Crippen molar-refractivity contribution in [3.05, 3.63) is 50.7 Å². The van der Waals surface area contributed by atoms with E-state index in [4.69, 9.17) is 23.2 Å². The van der Waals surface area contributed by atoms with Crippen molar-refractivity contribution in [2.75, 3.05) is 12.4 Å². The van der Waals surface area contributed by atoms with Crippen LogP contribution in [0.4, 0.5) is 19.1 Å². The summed E-state index contributed by atoms with van der Waals surface area (Å²) < 4.78 is 43.7. The number of pyridine rings is 1. The first-order chi connectivity index (χ1) is 14.0. The highest BCUT2D eigenvalue weighted by molar-refractivity contribution is 9.10. The van der Waals surface area contributed by atoms with Crippen molar-refractivity contribution in [2.24, 2.45) is 0 Å². The fraction of sp³-hybridized carbons (Fsp3) is 0.176. The van der Waals surface area contributed by atoms with Gasteiger partial charge < -0.3 is 10.6 Å². The van der Waals surface area contributed by atoms with Gasteiger partial charge in [-0.1, -0.05) is 29.3 Å². The summed E-state index contributed by atoms with van der Waals surface area (Å²) in [5.74, 6) is -1.58. The molecule has 0 saturated heterocycles. The number of amides is 1. The van der Waals surface area contributed by atoms with Crippen LogP contribution >= 0.6 is 39.1 Å². The van der Waals surface area contributed by atoms with Crippen LogP contribution in [0.1, 0.15) is 10.5 Å². The number of nitrogens with one attached hydrogen (secondary N) is 2. The summed E-state index contributed by atoms with van der Waals surface area (Å²) in [6.07, 6.45) is -5.69. The normalized spacial score (nSPS) is 13.7. The monoisotopic (exact) mass is 523 g/mol. The number of anilines is 1. The van der Waals surface area contributed by atoms with Crippen molar-refractivity contribution >= 4 is 68.3 Å². The summed E-state index contributed by atoms with van der Waals surface area (Å²) >= 11 is 14.9. The fourth-order valence-corrected chi connectivity index (χ4v) is 3.43. The van der Waals surface area contributed by atoms with Gasteiger partial charge in [0.1, 0.15) is 10.3 Å². The van der Waals surface area contributed by atoms with Gasteiger partial charge in [0.2, 0.25) is 5.95 Å². The van der Waals surface area contributed by atoms with Crippen LogP contribution in [0.5, 0.6) is 0 Å². The first kappa shape index (κ1) is 22.3. The number of benzene rings is 1. The Morgan fingerprint density at radius 3 is 2.43 bits per heavy atom. The number of alkyl halides is 3. The van der Waals surface area contributed by atoms with Crippen molar-refractivity contribution in [1.29, 1.82) is 0 Å². The van der Waals surface area contributed by atoms with Crippen LogP contribution in [0.3, 0.4) is 0 Å². The minimum Gasteiger partial charge on any atom is -0.359 e. The fourth-order valence-electron chi connectivity index (χ4n) is 2.77. The summed E-state index contributed by atoms with van der Waals surface area (Å²) in [5.41, 5.74) is -4.01. The molecule has 158 valence electrons. The molecule has 1 unspecified atom stereocenters. The lowest BCUT2D eigenvalue weighted by molar-refractivity contribution is -0.211. The molecule has 30 heavy (non-hydrogen) atoms. The maximum atomic E-state index is 14.3. The van der Waals surface area contributed by atoms with Gasteiger partial charge in [0, 0.05) is 7.05 Å². The molecule has 0 aliphatic carbocycles. The number of aromatic nitrogens is 3. The smallest absolute Gasteiger partial charge is 0.359 e. The Bertz CT molecular complexity index is 1150. The molecule has 2 heterocycles. The Kier molecular flexibility index (Phi) is 5.99. The Hall–Kier alpha value is -2.37. The van der Waals surface area contributed by atoms with Gasteiger partial charge in [-0.3, -0.25) is 14.2 Å². The Morgan fingerprint density at radius 1 is 1.20 bits per heavy atom. The highest BCUT2D eigenvalue weighted by Crippen LogP contribution is 2.40. The lowest BCUT2D eigenvalue weighted by Gasteiger charge is -2.34. The molecule has 1 atom stereocenters. The number of nitrogens with zero attached hydrogens (tertiary/aromatic N) is 3. The molecule has 0 spiro atoms. The maximum absolute atomic E-state index is 14.3. The molecule has 0 aliphatic heterocycles. The van der Waals surface area contributed by atoms with Crippen LogP contribution < -0.4 is 10.6 Å². The summed E-state index contributed by atoms with van der Waals surface area (Å²) in [7, 11) is 1.31. The van der Waals surface area contributed by atoms with Gasteiger partial charge in [-0.25, -0.2) is 9.97 Å². The van der Waals surface area contributed by atoms with E-state index in [-0.39, 0.29) is 37.3 Å². The molecule has 2 aromatic heterocycles. The number of fused-ring (bicyclic) bond motifs is 1. The van der Waals surface area contributed by atoms with E-state index >= 15 is 0 Å². The van der Waals surface area contributed by atoms with Crippen LogP contribution in [0.25, 0.3) is 11.0 Å². The molecule has 2 N–H and O–H groups in total. The van der Waals surface area contributed by atoms with Gasteiger partial charge in [-0.15, -0.1) is 0 Å². The minimum absolute atomic E-state index is 0.0269. The molecule has 1 aromatic carbocycles. The molecule has 1 amide bonds. The Morgan fingerprint density at radius 2 is 1.87 bits per heavy atom. The van der Waals surface area contributed by atoms with Crippen molar-refractivity contribution < 1.29 is 22.8 Å². The first-order valence-corrected chi connectivity index (χ1v) is 9.63. The van der Waals surface area contributed by atoms with Gasteiger partial charge in [0.25, 0.3) is 11.6 Å². The summed E-state index contributed by atoms with van der Waals surface area (Å²) in [5, 5.41) is 4.25. The van der Waals surface area contributed by atoms with E-state index in [1.54, 1.807) is 5.32 Å². The van der Waals surface area contributed by atoms with Crippen LogP contribution in [-0.2, 0) is 10.5 Å². The summed E-state index contributed by atoms with van der Waals surface area (Å²) in [6.45, 7) is 0. The van der Waals surface area contributed by atoms with Crippen LogP contribution in [0.15, 0.2) is 34.9 Å². The average molecular weight is 525 g/mol.